The van der Waals surface area contributed by atoms with Crippen LogP contribution in [-0.2, 0) is 14.4 Å². The first kappa shape index (κ1) is 23.3. The summed E-state index contributed by atoms with van der Waals surface area (Å²) in [5.41, 5.74) is 3.60. The lowest BCUT2D eigenvalue weighted by molar-refractivity contribution is -0.126. The number of nitrogens with zero attached hydrogens (tertiary/aromatic N) is 1. The van der Waals surface area contributed by atoms with Gasteiger partial charge in [0.1, 0.15) is 5.75 Å². The Kier molecular flexibility index (Phi) is 7.51. The minimum Gasteiger partial charge on any atom is -0.484 e. The van der Waals surface area contributed by atoms with E-state index in [1.165, 1.54) is 0 Å². The molecule has 0 saturated carbocycles. The number of hydrogen-bond donors (Lipinski definition) is 2. The molecule has 0 aliphatic carbocycles. The van der Waals surface area contributed by atoms with E-state index in [9.17, 15) is 14.4 Å². The Morgan fingerprint density at radius 1 is 1.12 bits per heavy atom. The molecule has 7 heteroatoms. The van der Waals surface area contributed by atoms with Crippen LogP contribution in [0.15, 0.2) is 42.5 Å². The van der Waals surface area contributed by atoms with Gasteiger partial charge < -0.3 is 20.3 Å². The van der Waals surface area contributed by atoms with Gasteiger partial charge in [0, 0.05) is 30.9 Å². The molecule has 1 fully saturated rings. The Balaban J connectivity index is 1.52. The summed E-state index contributed by atoms with van der Waals surface area (Å²) in [5.74, 6) is 0.155. The molecule has 1 heterocycles. The number of carbonyl (C=O) groups is 3. The maximum absolute atomic E-state index is 12.4. The van der Waals surface area contributed by atoms with E-state index in [1.54, 1.807) is 29.2 Å². The highest BCUT2D eigenvalue weighted by molar-refractivity contribution is 6.00. The first-order chi connectivity index (χ1) is 15.2. The Labute approximate surface area is 189 Å². The fourth-order valence-electron chi connectivity index (χ4n) is 3.59. The van der Waals surface area contributed by atoms with Gasteiger partial charge in [-0.3, -0.25) is 14.4 Å². The molecule has 1 saturated heterocycles. The summed E-state index contributed by atoms with van der Waals surface area (Å²) in [6.07, 6.45) is 0.209. The molecule has 1 atom stereocenters. The van der Waals surface area contributed by atoms with Crippen LogP contribution in [-0.4, -0.2) is 37.4 Å². The predicted molar refractivity (Wildman–Crippen MR) is 125 cm³/mol. The third-order valence-electron chi connectivity index (χ3n) is 5.35. The molecule has 0 spiro atoms. The summed E-state index contributed by atoms with van der Waals surface area (Å²) in [7, 11) is 0. The number of anilines is 2. The van der Waals surface area contributed by atoms with Crippen molar-refractivity contribution in [2.75, 3.05) is 29.9 Å². The van der Waals surface area contributed by atoms with Crippen LogP contribution in [0, 0.1) is 25.7 Å². The van der Waals surface area contributed by atoms with Gasteiger partial charge in [-0.1, -0.05) is 31.5 Å². The number of benzene rings is 2. The zero-order valence-electron chi connectivity index (χ0n) is 19.1. The van der Waals surface area contributed by atoms with Crippen LogP contribution in [0.2, 0.25) is 0 Å². The average Bonchev–Trinajstić information content (AvgIpc) is 3.14. The Morgan fingerprint density at radius 3 is 2.50 bits per heavy atom. The van der Waals surface area contributed by atoms with Crippen LogP contribution < -0.4 is 20.3 Å². The van der Waals surface area contributed by atoms with E-state index in [4.69, 9.17) is 4.74 Å². The molecule has 170 valence electrons. The number of hydrogen-bond acceptors (Lipinski definition) is 4. The smallest absolute Gasteiger partial charge is 0.262 e. The van der Waals surface area contributed by atoms with Crippen molar-refractivity contribution in [1.82, 2.24) is 5.32 Å². The lowest BCUT2D eigenvalue weighted by Crippen LogP contribution is -2.35. The number of aryl methyl sites for hydroxylation is 2. The van der Waals surface area contributed by atoms with Gasteiger partial charge >= 0.3 is 0 Å². The molecule has 2 N–H and O–H groups in total. The van der Waals surface area contributed by atoms with Gasteiger partial charge in [0.05, 0.1) is 5.92 Å². The van der Waals surface area contributed by atoms with Crippen molar-refractivity contribution in [1.29, 1.82) is 0 Å². The topological polar surface area (TPSA) is 87.7 Å². The summed E-state index contributed by atoms with van der Waals surface area (Å²) >= 11 is 0. The second-order valence-corrected chi connectivity index (χ2v) is 8.69. The normalized spacial score (nSPS) is 15.7. The van der Waals surface area contributed by atoms with Crippen LogP contribution in [0.5, 0.6) is 5.75 Å². The fourth-order valence-corrected chi connectivity index (χ4v) is 3.59. The molecule has 2 aromatic carbocycles. The van der Waals surface area contributed by atoms with Crippen molar-refractivity contribution in [2.45, 2.75) is 34.1 Å². The first-order valence-corrected chi connectivity index (χ1v) is 10.9. The third-order valence-corrected chi connectivity index (χ3v) is 5.35. The quantitative estimate of drug-likeness (QED) is 0.662. The SMILES string of the molecule is Cc1ccc(NC(=O)COc2ccc(N3C[C@H](C(=O)NCC(C)C)CC3=O)cc2)c(C)c1. The molecule has 0 bridgehead atoms. The van der Waals surface area contributed by atoms with Crippen molar-refractivity contribution in [2.24, 2.45) is 11.8 Å². The van der Waals surface area contributed by atoms with Crippen LogP contribution >= 0.6 is 0 Å². The summed E-state index contributed by atoms with van der Waals surface area (Å²) in [5, 5.41) is 5.75. The number of rotatable bonds is 8. The van der Waals surface area contributed by atoms with Crippen LogP contribution in [0.4, 0.5) is 11.4 Å². The maximum Gasteiger partial charge on any atom is 0.262 e. The monoisotopic (exact) mass is 437 g/mol. The van der Waals surface area contributed by atoms with E-state index in [0.717, 1.165) is 16.8 Å². The van der Waals surface area contributed by atoms with Crippen LogP contribution in [0.1, 0.15) is 31.4 Å². The zero-order chi connectivity index (χ0) is 23.3. The molecule has 0 radical (unpaired) electrons. The minimum absolute atomic E-state index is 0.0730. The van der Waals surface area contributed by atoms with E-state index >= 15 is 0 Å². The summed E-state index contributed by atoms with van der Waals surface area (Å²) in [4.78, 5) is 38.5. The van der Waals surface area contributed by atoms with Gasteiger partial charge in [-0.25, -0.2) is 0 Å². The molecule has 2 aromatic rings. The molecule has 3 amide bonds. The Bertz CT molecular complexity index is 985. The van der Waals surface area contributed by atoms with Gasteiger partial charge in [-0.05, 0) is 55.7 Å². The predicted octanol–water partition coefficient (Wildman–Crippen LogP) is 3.45. The van der Waals surface area contributed by atoms with E-state index in [0.29, 0.717) is 30.4 Å². The Morgan fingerprint density at radius 2 is 1.84 bits per heavy atom. The lowest BCUT2D eigenvalue weighted by Gasteiger charge is -2.17. The summed E-state index contributed by atoms with van der Waals surface area (Å²) < 4.78 is 5.58. The Hall–Kier alpha value is -3.35. The summed E-state index contributed by atoms with van der Waals surface area (Å²) in [6, 6.07) is 12.8. The van der Waals surface area contributed by atoms with Crippen molar-refractivity contribution >= 4 is 29.1 Å². The molecule has 0 unspecified atom stereocenters. The highest BCUT2D eigenvalue weighted by Crippen LogP contribution is 2.27. The maximum atomic E-state index is 12.4. The van der Waals surface area contributed by atoms with Gasteiger partial charge in [-0.15, -0.1) is 0 Å². The molecule has 1 aliphatic heterocycles. The highest BCUT2D eigenvalue weighted by Gasteiger charge is 2.35. The molecule has 7 nitrogen and oxygen atoms in total. The molecular weight excluding hydrogens is 406 g/mol. The summed E-state index contributed by atoms with van der Waals surface area (Å²) in [6.45, 7) is 8.86. The number of ether oxygens (including phenoxy) is 1. The van der Waals surface area contributed by atoms with Gasteiger partial charge in [0.15, 0.2) is 6.61 Å². The minimum atomic E-state index is -0.342. The number of nitrogens with one attached hydrogen (secondary N) is 2. The second-order valence-electron chi connectivity index (χ2n) is 8.69. The highest BCUT2D eigenvalue weighted by atomic mass is 16.5. The number of amides is 3. The van der Waals surface area contributed by atoms with E-state index in [1.807, 2.05) is 45.9 Å². The second kappa shape index (κ2) is 10.3. The van der Waals surface area contributed by atoms with E-state index < -0.39 is 0 Å². The largest absolute Gasteiger partial charge is 0.484 e. The lowest BCUT2D eigenvalue weighted by atomic mass is 10.1. The van der Waals surface area contributed by atoms with Crippen molar-refractivity contribution < 1.29 is 19.1 Å². The van der Waals surface area contributed by atoms with Crippen molar-refractivity contribution in [3.05, 3.63) is 53.6 Å². The molecule has 3 rings (SSSR count). The van der Waals surface area contributed by atoms with Crippen LogP contribution in [0.3, 0.4) is 0 Å². The molecule has 1 aliphatic rings. The molecular formula is C25H31N3O4. The molecule has 0 aromatic heterocycles. The van der Waals surface area contributed by atoms with E-state index in [-0.39, 0.29) is 36.7 Å². The first-order valence-electron chi connectivity index (χ1n) is 10.9. The number of carbonyl (C=O) groups excluding carboxylic acids is 3. The van der Waals surface area contributed by atoms with Crippen LogP contribution in [0.25, 0.3) is 0 Å². The van der Waals surface area contributed by atoms with Gasteiger partial charge in [0.25, 0.3) is 5.91 Å². The fraction of sp³-hybridized carbons (Fsp3) is 0.400. The van der Waals surface area contributed by atoms with Crippen molar-refractivity contribution in [3.63, 3.8) is 0 Å². The average molecular weight is 438 g/mol. The van der Waals surface area contributed by atoms with Gasteiger partial charge in [0.2, 0.25) is 11.8 Å². The third kappa shape index (κ3) is 6.09. The standard InChI is InChI=1S/C25H31N3O4/c1-16(2)13-26-25(31)19-12-24(30)28(14-19)20-6-8-21(9-7-20)32-15-23(29)27-22-10-5-17(3)11-18(22)4/h5-11,16,19H,12-15H2,1-4H3,(H,26,31)(H,27,29)/t19-/m1/s1. The zero-order valence-corrected chi connectivity index (χ0v) is 19.1. The van der Waals surface area contributed by atoms with Gasteiger partial charge in [-0.2, -0.15) is 0 Å². The van der Waals surface area contributed by atoms with Crippen molar-refractivity contribution in [3.8, 4) is 5.75 Å². The molecule has 32 heavy (non-hydrogen) atoms. The van der Waals surface area contributed by atoms with E-state index in [2.05, 4.69) is 10.6 Å².